The van der Waals surface area contributed by atoms with Gasteiger partial charge in [0, 0.05) is 10.0 Å². The van der Waals surface area contributed by atoms with Crippen LogP contribution in [0.5, 0.6) is 17.2 Å². The highest BCUT2D eigenvalue weighted by Gasteiger charge is 2.35. The third kappa shape index (κ3) is 5.84. The summed E-state index contributed by atoms with van der Waals surface area (Å²) in [7, 11) is 1.54. The molecule has 7 nitrogen and oxygen atoms in total. The Morgan fingerprint density at radius 2 is 1.67 bits per heavy atom. The maximum atomic E-state index is 13.1. The molecule has 0 unspecified atom stereocenters. The van der Waals surface area contributed by atoms with Crippen LogP contribution in [0.15, 0.2) is 94.3 Å². The quantitative estimate of drug-likeness (QED) is 0.122. The molecule has 0 radical (unpaired) electrons. The Labute approximate surface area is 237 Å². The molecule has 2 amide bonds. The van der Waals surface area contributed by atoms with Gasteiger partial charge in [-0.3, -0.25) is 14.5 Å². The summed E-state index contributed by atoms with van der Waals surface area (Å²) in [5.74, 6) is 0.383. The van der Waals surface area contributed by atoms with Crippen LogP contribution in [0.2, 0.25) is 0 Å². The van der Waals surface area contributed by atoms with Crippen LogP contribution in [-0.4, -0.2) is 42.3 Å². The summed E-state index contributed by atoms with van der Waals surface area (Å²) in [6, 6.07) is 25.2. The minimum absolute atomic E-state index is 0.0709. The van der Waals surface area contributed by atoms with E-state index < -0.39 is 17.1 Å². The summed E-state index contributed by atoms with van der Waals surface area (Å²) in [6.45, 7) is 0.179. The van der Waals surface area contributed by atoms with E-state index in [2.05, 4.69) is 15.9 Å². The maximum absolute atomic E-state index is 13.1. The van der Waals surface area contributed by atoms with Crippen LogP contribution >= 0.6 is 27.7 Å². The molecule has 1 saturated heterocycles. The third-order valence-corrected chi connectivity index (χ3v) is 7.39. The molecule has 0 aliphatic carbocycles. The Hall–Kier alpha value is -4.08. The molecule has 1 fully saturated rings. The minimum atomic E-state index is -0.523. The van der Waals surface area contributed by atoms with Gasteiger partial charge in [-0.1, -0.05) is 64.5 Å². The molecule has 196 valence electrons. The standard InChI is InChI=1S/C30H22BrNO6S/c1-36-25-11-4-5-12-26(25)37-16-15-32-28(33)27(39-30(32)35)18-20-17-21(31)13-14-24(20)38-29(34)23-10-6-8-19-7-2-3-9-22(19)23/h2-14,17-18H,15-16H2,1H3/b27-18-. The number of imide groups is 1. The van der Waals surface area contributed by atoms with Gasteiger partial charge in [0.15, 0.2) is 11.5 Å². The van der Waals surface area contributed by atoms with Crippen molar-refractivity contribution in [3.63, 3.8) is 0 Å². The largest absolute Gasteiger partial charge is 0.493 e. The zero-order valence-electron chi connectivity index (χ0n) is 20.8. The average Bonchev–Trinajstić information content (AvgIpc) is 3.21. The van der Waals surface area contributed by atoms with Crippen molar-refractivity contribution in [1.29, 1.82) is 0 Å². The van der Waals surface area contributed by atoms with Crippen molar-refractivity contribution in [3.05, 3.63) is 105 Å². The van der Waals surface area contributed by atoms with Gasteiger partial charge in [-0.25, -0.2) is 4.79 Å². The van der Waals surface area contributed by atoms with Crippen molar-refractivity contribution in [3.8, 4) is 17.2 Å². The molecule has 0 saturated carbocycles. The van der Waals surface area contributed by atoms with Gasteiger partial charge in [-0.15, -0.1) is 0 Å². The van der Waals surface area contributed by atoms with Crippen LogP contribution < -0.4 is 14.2 Å². The van der Waals surface area contributed by atoms with E-state index in [-0.39, 0.29) is 23.8 Å². The molecule has 1 heterocycles. The molecule has 0 N–H and O–H groups in total. The number of hydrogen-bond donors (Lipinski definition) is 0. The fourth-order valence-corrected chi connectivity index (χ4v) is 5.34. The van der Waals surface area contributed by atoms with Crippen molar-refractivity contribution in [2.75, 3.05) is 20.3 Å². The summed E-state index contributed by atoms with van der Waals surface area (Å²) in [5.41, 5.74) is 0.908. The predicted molar refractivity (Wildman–Crippen MR) is 154 cm³/mol. The molecular formula is C30H22BrNO6S. The highest BCUT2D eigenvalue weighted by molar-refractivity contribution is 9.10. The molecular weight excluding hydrogens is 582 g/mol. The molecule has 5 rings (SSSR count). The minimum Gasteiger partial charge on any atom is -0.493 e. The molecule has 0 bridgehead atoms. The molecule has 0 spiro atoms. The second kappa shape index (κ2) is 11.8. The summed E-state index contributed by atoms with van der Waals surface area (Å²) in [4.78, 5) is 40.2. The highest BCUT2D eigenvalue weighted by atomic mass is 79.9. The van der Waals surface area contributed by atoms with Crippen LogP contribution in [0.1, 0.15) is 15.9 Å². The van der Waals surface area contributed by atoms with Crippen molar-refractivity contribution < 1.29 is 28.6 Å². The predicted octanol–water partition coefficient (Wildman–Crippen LogP) is 6.95. The molecule has 39 heavy (non-hydrogen) atoms. The first-order valence-corrected chi connectivity index (χ1v) is 13.6. The van der Waals surface area contributed by atoms with Gasteiger partial charge in [0.2, 0.25) is 0 Å². The second-order valence-electron chi connectivity index (χ2n) is 8.43. The first-order chi connectivity index (χ1) is 18.9. The van der Waals surface area contributed by atoms with Gasteiger partial charge in [0.25, 0.3) is 11.1 Å². The maximum Gasteiger partial charge on any atom is 0.344 e. The molecule has 0 atom stereocenters. The number of amides is 2. The monoisotopic (exact) mass is 603 g/mol. The van der Waals surface area contributed by atoms with E-state index in [9.17, 15) is 14.4 Å². The zero-order valence-corrected chi connectivity index (χ0v) is 23.2. The Morgan fingerprint density at radius 3 is 2.49 bits per heavy atom. The van der Waals surface area contributed by atoms with Crippen molar-refractivity contribution in [2.24, 2.45) is 0 Å². The SMILES string of the molecule is COc1ccccc1OCCN1C(=O)S/C(=C\c2cc(Br)ccc2OC(=O)c2cccc3ccccc23)C1=O. The van der Waals surface area contributed by atoms with Gasteiger partial charge in [-0.2, -0.15) is 0 Å². The molecule has 0 aromatic heterocycles. The molecule has 1 aliphatic heterocycles. The van der Waals surface area contributed by atoms with Crippen molar-refractivity contribution >= 4 is 61.7 Å². The van der Waals surface area contributed by atoms with Crippen LogP contribution in [0.4, 0.5) is 4.79 Å². The Bertz CT molecular complexity index is 1610. The molecule has 4 aromatic carbocycles. The summed E-state index contributed by atoms with van der Waals surface area (Å²) in [6.07, 6.45) is 1.56. The number of rotatable bonds is 8. The average molecular weight is 604 g/mol. The first-order valence-electron chi connectivity index (χ1n) is 12.0. The normalized spacial score (nSPS) is 14.2. The van der Waals surface area contributed by atoms with Gasteiger partial charge < -0.3 is 14.2 Å². The smallest absolute Gasteiger partial charge is 0.344 e. The number of fused-ring (bicyclic) bond motifs is 1. The molecule has 1 aliphatic rings. The van der Waals surface area contributed by atoms with Crippen molar-refractivity contribution in [1.82, 2.24) is 4.90 Å². The lowest BCUT2D eigenvalue weighted by atomic mass is 10.0. The second-order valence-corrected chi connectivity index (χ2v) is 10.3. The number of hydrogen-bond acceptors (Lipinski definition) is 7. The number of para-hydroxylation sites is 2. The number of thioether (sulfide) groups is 1. The van der Waals surface area contributed by atoms with Gasteiger partial charge in [0.05, 0.1) is 24.1 Å². The summed E-state index contributed by atoms with van der Waals surface area (Å²) in [5, 5.41) is 1.30. The highest BCUT2D eigenvalue weighted by Crippen LogP contribution is 2.35. The van der Waals surface area contributed by atoms with E-state index in [1.807, 2.05) is 42.5 Å². The Balaban J connectivity index is 1.33. The van der Waals surface area contributed by atoms with Crippen LogP contribution in [0.25, 0.3) is 16.8 Å². The third-order valence-electron chi connectivity index (χ3n) is 5.99. The Morgan fingerprint density at radius 1 is 0.923 bits per heavy atom. The number of carbonyl (C=O) groups is 3. The zero-order chi connectivity index (χ0) is 27.4. The van der Waals surface area contributed by atoms with E-state index in [0.717, 1.165) is 31.9 Å². The first kappa shape index (κ1) is 26.5. The van der Waals surface area contributed by atoms with Crippen LogP contribution in [-0.2, 0) is 4.79 Å². The van der Waals surface area contributed by atoms with Crippen molar-refractivity contribution in [2.45, 2.75) is 0 Å². The number of halogens is 1. The van der Waals surface area contributed by atoms with Crippen LogP contribution in [0.3, 0.4) is 0 Å². The van der Waals surface area contributed by atoms with Gasteiger partial charge in [0.1, 0.15) is 12.4 Å². The fourth-order valence-electron chi connectivity index (χ4n) is 4.10. The van der Waals surface area contributed by atoms with E-state index in [1.54, 1.807) is 55.7 Å². The number of carbonyl (C=O) groups excluding carboxylic acids is 3. The number of ether oxygens (including phenoxy) is 3. The lowest BCUT2D eigenvalue weighted by molar-refractivity contribution is -0.123. The lowest BCUT2D eigenvalue weighted by Crippen LogP contribution is -2.32. The number of benzene rings is 4. The topological polar surface area (TPSA) is 82.1 Å². The Kier molecular flexibility index (Phi) is 7.99. The lowest BCUT2D eigenvalue weighted by Gasteiger charge is -2.14. The van der Waals surface area contributed by atoms with Crippen LogP contribution in [0, 0.1) is 0 Å². The summed E-state index contributed by atoms with van der Waals surface area (Å²) >= 11 is 4.26. The number of methoxy groups -OCH3 is 1. The van der Waals surface area contributed by atoms with E-state index in [1.165, 1.54) is 0 Å². The van der Waals surface area contributed by atoms with Gasteiger partial charge in [-0.05, 0) is 65.0 Å². The van der Waals surface area contributed by atoms with E-state index >= 15 is 0 Å². The summed E-state index contributed by atoms with van der Waals surface area (Å²) < 4.78 is 17.5. The van der Waals surface area contributed by atoms with Gasteiger partial charge >= 0.3 is 5.97 Å². The number of esters is 1. The number of nitrogens with zero attached hydrogens (tertiary/aromatic N) is 1. The van der Waals surface area contributed by atoms with E-state index in [4.69, 9.17) is 14.2 Å². The fraction of sp³-hybridized carbons (Fsp3) is 0.100. The van der Waals surface area contributed by atoms with E-state index in [0.29, 0.717) is 22.6 Å². The molecule has 4 aromatic rings. The molecule has 9 heteroatoms.